The van der Waals surface area contributed by atoms with Crippen molar-refractivity contribution in [2.45, 2.75) is 12.5 Å². The number of hydrogen-bond acceptors (Lipinski definition) is 4. The summed E-state index contributed by atoms with van der Waals surface area (Å²) in [5.41, 5.74) is 12.3. The van der Waals surface area contributed by atoms with E-state index in [4.69, 9.17) is 9.40 Å². The lowest BCUT2D eigenvalue weighted by molar-refractivity contribution is 0.623. The zero-order valence-electron chi connectivity index (χ0n) is 31.4. The molecule has 1 atom stereocenters. The Bertz CT molecular complexity index is 3370. The average molecular weight is 762 g/mol. The first-order chi connectivity index (χ1) is 28.7. The van der Waals surface area contributed by atoms with E-state index in [2.05, 4.69) is 173 Å². The van der Waals surface area contributed by atoms with Crippen LogP contribution in [-0.4, -0.2) is 15.6 Å². The first-order valence-corrected chi connectivity index (χ1v) is 20.6. The second-order valence-electron chi connectivity index (χ2n) is 15.1. The van der Waals surface area contributed by atoms with Crippen molar-refractivity contribution in [3.05, 3.63) is 199 Å². The zero-order chi connectivity index (χ0) is 38.2. The van der Waals surface area contributed by atoms with Crippen molar-refractivity contribution in [3.63, 3.8) is 0 Å². The summed E-state index contributed by atoms with van der Waals surface area (Å²) in [7, 11) is 0. The SMILES string of the molecule is C1=CC(N(c2ccc(-c3cccc4c3ccc3nc(-c5ccccc5)oc34)cc2)c2ccc3c(c2)c2ccccc2n3-c2ccccc2)Cc2c1sc1ccccc21. The Morgan fingerprint density at radius 3 is 2.16 bits per heavy atom. The van der Waals surface area contributed by atoms with E-state index in [0.29, 0.717) is 5.89 Å². The number of benzene rings is 8. The van der Waals surface area contributed by atoms with E-state index in [1.54, 1.807) is 0 Å². The minimum absolute atomic E-state index is 0.118. The Labute approximate surface area is 339 Å². The summed E-state index contributed by atoms with van der Waals surface area (Å²) in [5, 5.41) is 6.05. The maximum atomic E-state index is 6.43. The topological polar surface area (TPSA) is 34.2 Å². The van der Waals surface area contributed by atoms with Crippen LogP contribution in [0.5, 0.6) is 0 Å². The Balaban J connectivity index is 0.986. The molecule has 274 valence electrons. The third-order valence-electron chi connectivity index (χ3n) is 11.8. The quantitative estimate of drug-likeness (QED) is 0.169. The zero-order valence-corrected chi connectivity index (χ0v) is 32.2. The third-order valence-corrected chi connectivity index (χ3v) is 13.0. The minimum Gasteiger partial charge on any atom is -0.435 e. The number of para-hydroxylation sites is 2. The smallest absolute Gasteiger partial charge is 0.227 e. The molecule has 0 saturated carbocycles. The van der Waals surface area contributed by atoms with Gasteiger partial charge in [0, 0.05) is 48.4 Å². The molecular weight excluding hydrogens is 727 g/mol. The van der Waals surface area contributed by atoms with E-state index in [0.717, 1.165) is 56.4 Å². The standard InChI is InChI=1S/C53H35N3OS/c1-3-12-35(13-4-1)53-54-47-29-28-41-40(18-11-19-44(41)52(47)57-53)34-22-24-37(25-23-34)55(39-27-31-51-46(33-39)43-17-8-10-21-50(43)58-51)38-26-30-49-45(32-38)42-16-7-9-20-48(42)56(49)36-14-5-2-6-15-36/h1-32,39H,33H2. The highest BCUT2D eigenvalue weighted by Crippen LogP contribution is 2.43. The van der Waals surface area contributed by atoms with Gasteiger partial charge in [-0.2, -0.15) is 0 Å². The monoisotopic (exact) mass is 761 g/mol. The molecule has 3 aromatic heterocycles. The summed E-state index contributed by atoms with van der Waals surface area (Å²) >= 11 is 1.89. The van der Waals surface area contributed by atoms with Gasteiger partial charge in [0.25, 0.3) is 0 Å². The number of rotatable bonds is 6. The van der Waals surface area contributed by atoms with Crippen molar-refractivity contribution in [1.29, 1.82) is 0 Å². The van der Waals surface area contributed by atoms with Gasteiger partial charge in [-0.15, -0.1) is 11.3 Å². The van der Waals surface area contributed by atoms with Gasteiger partial charge in [0.05, 0.1) is 17.1 Å². The second kappa shape index (κ2) is 13.2. The van der Waals surface area contributed by atoms with Gasteiger partial charge in [-0.1, -0.05) is 115 Å². The van der Waals surface area contributed by atoms with Crippen LogP contribution < -0.4 is 4.90 Å². The van der Waals surface area contributed by atoms with Gasteiger partial charge >= 0.3 is 0 Å². The van der Waals surface area contributed by atoms with Gasteiger partial charge in [-0.05, 0) is 113 Å². The first kappa shape index (κ1) is 33.0. The molecule has 1 unspecified atom stereocenters. The minimum atomic E-state index is 0.118. The molecular formula is C53H35N3OS. The van der Waals surface area contributed by atoms with Crippen LogP contribution in [0, 0.1) is 0 Å². The van der Waals surface area contributed by atoms with Gasteiger partial charge in [-0.3, -0.25) is 0 Å². The summed E-state index contributed by atoms with van der Waals surface area (Å²) < 4.78 is 10.2. The van der Waals surface area contributed by atoms with Crippen LogP contribution in [0.4, 0.5) is 11.4 Å². The van der Waals surface area contributed by atoms with Gasteiger partial charge in [0.2, 0.25) is 5.89 Å². The number of fused-ring (bicyclic) bond motifs is 9. The van der Waals surface area contributed by atoms with Crippen molar-refractivity contribution < 1.29 is 4.42 Å². The van der Waals surface area contributed by atoms with Gasteiger partial charge in [0.15, 0.2) is 5.58 Å². The summed E-state index contributed by atoms with van der Waals surface area (Å²) in [6.07, 6.45) is 5.67. The lowest BCUT2D eigenvalue weighted by Crippen LogP contribution is -2.32. The molecule has 8 aromatic carbocycles. The number of anilines is 2. The predicted octanol–water partition coefficient (Wildman–Crippen LogP) is 14.4. The van der Waals surface area contributed by atoms with Crippen molar-refractivity contribution >= 4 is 82.6 Å². The Hall–Kier alpha value is -7.21. The summed E-state index contributed by atoms with van der Waals surface area (Å²) in [4.78, 5) is 8.74. The van der Waals surface area contributed by atoms with Crippen LogP contribution in [0.15, 0.2) is 192 Å². The lowest BCUT2D eigenvalue weighted by atomic mass is 9.94. The van der Waals surface area contributed by atoms with E-state index in [-0.39, 0.29) is 6.04 Å². The first-order valence-electron chi connectivity index (χ1n) is 19.8. The maximum Gasteiger partial charge on any atom is 0.227 e. The maximum absolute atomic E-state index is 6.43. The Morgan fingerprint density at radius 1 is 0.569 bits per heavy atom. The van der Waals surface area contributed by atoms with Gasteiger partial charge in [-0.25, -0.2) is 4.98 Å². The average Bonchev–Trinajstić information content (AvgIpc) is 3.99. The van der Waals surface area contributed by atoms with E-state index < -0.39 is 0 Å². The summed E-state index contributed by atoms with van der Waals surface area (Å²) in [6, 6.07) is 65.4. The molecule has 0 bridgehead atoms. The molecule has 0 fully saturated rings. The fourth-order valence-electron chi connectivity index (χ4n) is 9.11. The second-order valence-corrected chi connectivity index (χ2v) is 16.2. The molecule has 1 aliphatic rings. The molecule has 12 rings (SSSR count). The highest BCUT2D eigenvalue weighted by molar-refractivity contribution is 7.20. The van der Waals surface area contributed by atoms with E-state index in [1.807, 2.05) is 41.7 Å². The fraction of sp³-hybridized carbons (Fsp3) is 0.0377. The number of thiophene rings is 1. The van der Waals surface area contributed by atoms with Crippen molar-refractivity contribution in [2.75, 3.05) is 4.90 Å². The highest BCUT2D eigenvalue weighted by Gasteiger charge is 2.26. The van der Waals surface area contributed by atoms with Gasteiger partial charge in [0.1, 0.15) is 5.52 Å². The van der Waals surface area contributed by atoms with Crippen LogP contribution in [0.3, 0.4) is 0 Å². The Morgan fingerprint density at radius 2 is 1.29 bits per heavy atom. The molecule has 0 spiro atoms. The van der Waals surface area contributed by atoms with Crippen LogP contribution in [0.2, 0.25) is 0 Å². The van der Waals surface area contributed by atoms with Crippen molar-refractivity contribution in [3.8, 4) is 28.3 Å². The molecule has 0 N–H and O–H groups in total. The van der Waals surface area contributed by atoms with E-state index >= 15 is 0 Å². The normalized spacial score (nSPS) is 13.9. The number of aromatic nitrogens is 2. The van der Waals surface area contributed by atoms with Crippen LogP contribution >= 0.6 is 11.3 Å². The molecule has 0 radical (unpaired) electrons. The van der Waals surface area contributed by atoms with E-state index in [1.165, 1.54) is 48.0 Å². The van der Waals surface area contributed by atoms with Crippen molar-refractivity contribution in [2.24, 2.45) is 0 Å². The highest BCUT2D eigenvalue weighted by atomic mass is 32.1. The molecule has 1 aliphatic carbocycles. The fourth-order valence-corrected chi connectivity index (χ4v) is 10.3. The van der Waals surface area contributed by atoms with Crippen LogP contribution in [0.25, 0.3) is 88.1 Å². The molecule has 11 aromatic rings. The van der Waals surface area contributed by atoms with Gasteiger partial charge < -0.3 is 13.9 Å². The summed E-state index contributed by atoms with van der Waals surface area (Å²) in [5.74, 6) is 0.639. The lowest BCUT2D eigenvalue weighted by Gasteiger charge is -2.34. The van der Waals surface area contributed by atoms with Crippen LogP contribution in [0.1, 0.15) is 10.4 Å². The van der Waals surface area contributed by atoms with Crippen LogP contribution in [-0.2, 0) is 6.42 Å². The molecule has 58 heavy (non-hydrogen) atoms. The molecule has 0 amide bonds. The Kier molecular flexibility index (Phi) is 7.50. The molecule has 5 heteroatoms. The van der Waals surface area contributed by atoms with Crippen molar-refractivity contribution in [1.82, 2.24) is 9.55 Å². The predicted molar refractivity (Wildman–Crippen MR) is 244 cm³/mol. The summed E-state index contributed by atoms with van der Waals surface area (Å²) in [6.45, 7) is 0. The number of nitrogens with zero attached hydrogens (tertiary/aromatic N) is 3. The number of oxazole rings is 1. The molecule has 0 aliphatic heterocycles. The molecule has 4 nitrogen and oxygen atoms in total. The third kappa shape index (κ3) is 5.24. The largest absolute Gasteiger partial charge is 0.435 e. The molecule has 3 heterocycles. The number of hydrogen-bond donors (Lipinski definition) is 0. The molecule has 0 saturated heterocycles. The van der Waals surface area contributed by atoms with E-state index in [9.17, 15) is 0 Å².